The number of thioether (sulfide) groups is 1. The Morgan fingerprint density at radius 1 is 1.12 bits per heavy atom. The first-order valence-electron chi connectivity index (χ1n) is 8.65. The molecule has 2 amide bonds. The van der Waals surface area contributed by atoms with Gasteiger partial charge < -0.3 is 20.3 Å². The van der Waals surface area contributed by atoms with Crippen molar-refractivity contribution in [2.24, 2.45) is 5.73 Å². The van der Waals surface area contributed by atoms with Crippen LogP contribution in [0.4, 0.5) is 0 Å². The van der Waals surface area contributed by atoms with Crippen LogP contribution in [0.1, 0.15) is 5.56 Å². The molecule has 0 aromatic heterocycles. The fourth-order valence-electron chi connectivity index (χ4n) is 2.65. The number of ether oxygens (including phenoxy) is 1. The Balaban J connectivity index is 0.00000338. The van der Waals surface area contributed by atoms with Crippen LogP contribution >= 0.6 is 24.2 Å². The van der Waals surface area contributed by atoms with Gasteiger partial charge in [0.25, 0.3) is 0 Å². The van der Waals surface area contributed by atoms with E-state index in [4.69, 9.17) is 10.5 Å². The molecule has 0 radical (unpaired) electrons. The number of carbonyl (C=O) groups excluding carboxylic acids is 2. The highest BCUT2D eigenvalue weighted by atomic mass is 35.5. The molecular formula is C18H28ClN3O3S. The zero-order valence-corrected chi connectivity index (χ0v) is 16.6. The monoisotopic (exact) mass is 401 g/mol. The Kier molecular flexibility index (Phi) is 11.4. The zero-order chi connectivity index (χ0) is 17.9. The fraction of sp³-hybridized carbons (Fsp3) is 0.556. The third kappa shape index (κ3) is 7.95. The number of amides is 2. The number of nitrogens with zero attached hydrogens (tertiary/aromatic N) is 2. The molecular weight excluding hydrogens is 374 g/mol. The molecule has 1 aromatic carbocycles. The van der Waals surface area contributed by atoms with Crippen molar-refractivity contribution in [1.82, 2.24) is 9.80 Å². The minimum absolute atomic E-state index is 0. The molecule has 1 fully saturated rings. The van der Waals surface area contributed by atoms with Crippen LogP contribution in [0.3, 0.4) is 0 Å². The van der Waals surface area contributed by atoms with Crippen LogP contribution in [0, 0.1) is 0 Å². The second-order valence-corrected chi connectivity index (χ2v) is 6.88. The first-order chi connectivity index (χ1) is 12.2. The first-order valence-corrected chi connectivity index (χ1v) is 9.81. The molecule has 1 aliphatic rings. The number of hydrogen-bond acceptors (Lipinski definition) is 5. The number of rotatable bonds is 9. The van der Waals surface area contributed by atoms with Crippen LogP contribution in [-0.4, -0.2) is 79.1 Å². The predicted molar refractivity (Wildman–Crippen MR) is 108 cm³/mol. The van der Waals surface area contributed by atoms with E-state index < -0.39 is 0 Å². The number of benzene rings is 1. The van der Waals surface area contributed by atoms with Crippen LogP contribution in [0.15, 0.2) is 30.3 Å². The molecule has 0 unspecified atom stereocenters. The third-order valence-corrected chi connectivity index (χ3v) is 4.98. The average molecular weight is 402 g/mol. The Bertz CT molecular complexity index is 542. The maximum Gasteiger partial charge on any atom is 0.232 e. The van der Waals surface area contributed by atoms with Crippen molar-refractivity contribution in [1.29, 1.82) is 0 Å². The van der Waals surface area contributed by atoms with E-state index in [2.05, 4.69) is 12.1 Å². The molecule has 1 saturated heterocycles. The lowest BCUT2D eigenvalue weighted by Gasteiger charge is -2.27. The Hall–Kier alpha value is -1.28. The standard InChI is InChI=1S/C18H27N3O3S.ClH/c19-7-9-20(8-6-16-4-2-1-3-5-16)17(22)14-25-15-18(23)21-10-12-24-13-11-21;/h1-5H,6-15,19H2;1H. The van der Waals surface area contributed by atoms with Crippen molar-refractivity contribution >= 4 is 36.0 Å². The maximum absolute atomic E-state index is 12.4. The topological polar surface area (TPSA) is 75.9 Å². The number of nitrogens with two attached hydrogens (primary N) is 1. The van der Waals surface area contributed by atoms with Gasteiger partial charge in [-0.15, -0.1) is 24.2 Å². The molecule has 6 nitrogen and oxygen atoms in total. The molecule has 2 N–H and O–H groups in total. The van der Waals surface area contributed by atoms with Crippen LogP contribution in [0.5, 0.6) is 0 Å². The molecule has 0 aliphatic carbocycles. The van der Waals surface area contributed by atoms with E-state index in [1.54, 1.807) is 9.80 Å². The van der Waals surface area contributed by atoms with E-state index in [1.807, 2.05) is 18.2 Å². The Morgan fingerprint density at radius 3 is 2.46 bits per heavy atom. The highest BCUT2D eigenvalue weighted by Gasteiger charge is 2.18. The summed E-state index contributed by atoms with van der Waals surface area (Å²) in [5.41, 5.74) is 6.84. The van der Waals surface area contributed by atoms with Crippen molar-refractivity contribution < 1.29 is 14.3 Å². The molecule has 26 heavy (non-hydrogen) atoms. The van der Waals surface area contributed by atoms with Crippen molar-refractivity contribution in [3.63, 3.8) is 0 Å². The highest BCUT2D eigenvalue weighted by Crippen LogP contribution is 2.08. The fourth-order valence-corrected chi connectivity index (χ4v) is 3.46. The molecule has 0 saturated carbocycles. The normalized spacial score (nSPS) is 13.8. The molecule has 0 bridgehead atoms. The van der Waals surface area contributed by atoms with Gasteiger partial charge in [0.2, 0.25) is 11.8 Å². The third-order valence-electron chi connectivity index (χ3n) is 4.08. The molecule has 0 spiro atoms. The van der Waals surface area contributed by atoms with Crippen molar-refractivity contribution in [2.45, 2.75) is 6.42 Å². The summed E-state index contributed by atoms with van der Waals surface area (Å²) in [5, 5.41) is 0. The minimum Gasteiger partial charge on any atom is -0.378 e. The van der Waals surface area contributed by atoms with Gasteiger partial charge in [-0.2, -0.15) is 0 Å². The van der Waals surface area contributed by atoms with Gasteiger partial charge in [0.1, 0.15) is 0 Å². The summed E-state index contributed by atoms with van der Waals surface area (Å²) in [5.74, 6) is 0.767. The van der Waals surface area contributed by atoms with Crippen LogP contribution in [-0.2, 0) is 20.7 Å². The van der Waals surface area contributed by atoms with Crippen molar-refractivity contribution in [3.8, 4) is 0 Å². The molecule has 1 heterocycles. The minimum atomic E-state index is 0. The zero-order valence-electron chi connectivity index (χ0n) is 15.0. The van der Waals surface area contributed by atoms with E-state index >= 15 is 0 Å². The Morgan fingerprint density at radius 2 is 1.81 bits per heavy atom. The van der Waals surface area contributed by atoms with Crippen molar-refractivity contribution in [3.05, 3.63) is 35.9 Å². The van der Waals surface area contributed by atoms with Gasteiger partial charge in [-0.05, 0) is 12.0 Å². The van der Waals surface area contributed by atoms with E-state index in [0.29, 0.717) is 57.4 Å². The molecule has 1 aromatic rings. The van der Waals surface area contributed by atoms with Crippen LogP contribution in [0.25, 0.3) is 0 Å². The quantitative estimate of drug-likeness (QED) is 0.668. The summed E-state index contributed by atoms with van der Waals surface area (Å²) in [6.45, 7) is 4.12. The van der Waals surface area contributed by atoms with E-state index in [9.17, 15) is 9.59 Å². The molecule has 1 aliphatic heterocycles. The van der Waals surface area contributed by atoms with Gasteiger partial charge in [-0.1, -0.05) is 30.3 Å². The lowest BCUT2D eigenvalue weighted by atomic mass is 10.1. The predicted octanol–water partition coefficient (Wildman–Crippen LogP) is 1.03. The van der Waals surface area contributed by atoms with E-state index in [1.165, 1.54) is 17.3 Å². The summed E-state index contributed by atoms with van der Waals surface area (Å²) in [4.78, 5) is 28.1. The first kappa shape index (κ1) is 22.8. The van der Waals surface area contributed by atoms with Gasteiger partial charge in [-0.3, -0.25) is 9.59 Å². The average Bonchev–Trinajstić information content (AvgIpc) is 2.66. The summed E-state index contributed by atoms with van der Waals surface area (Å²) >= 11 is 1.37. The van der Waals surface area contributed by atoms with Crippen LogP contribution in [0.2, 0.25) is 0 Å². The summed E-state index contributed by atoms with van der Waals surface area (Å²) < 4.78 is 5.24. The highest BCUT2D eigenvalue weighted by molar-refractivity contribution is 8.00. The molecule has 146 valence electrons. The summed E-state index contributed by atoms with van der Waals surface area (Å²) in [6.07, 6.45) is 0.809. The Labute approximate surface area is 165 Å². The summed E-state index contributed by atoms with van der Waals surface area (Å²) in [6, 6.07) is 10.1. The largest absolute Gasteiger partial charge is 0.378 e. The van der Waals surface area contributed by atoms with Gasteiger partial charge in [0, 0.05) is 32.7 Å². The summed E-state index contributed by atoms with van der Waals surface area (Å²) in [7, 11) is 0. The lowest BCUT2D eigenvalue weighted by Crippen LogP contribution is -2.42. The number of morpholine rings is 1. The number of halogens is 1. The van der Waals surface area contributed by atoms with Gasteiger partial charge in [-0.25, -0.2) is 0 Å². The maximum atomic E-state index is 12.4. The van der Waals surface area contributed by atoms with Gasteiger partial charge >= 0.3 is 0 Å². The SMILES string of the molecule is Cl.NCCN(CCc1ccccc1)C(=O)CSCC(=O)N1CCOCC1. The van der Waals surface area contributed by atoms with E-state index in [-0.39, 0.29) is 24.2 Å². The van der Waals surface area contributed by atoms with E-state index in [0.717, 1.165) is 6.42 Å². The van der Waals surface area contributed by atoms with Gasteiger partial charge in [0.15, 0.2) is 0 Å². The molecule has 2 rings (SSSR count). The lowest BCUT2D eigenvalue weighted by molar-refractivity contribution is -0.132. The molecule has 0 atom stereocenters. The smallest absolute Gasteiger partial charge is 0.232 e. The van der Waals surface area contributed by atoms with Crippen LogP contribution < -0.4 is 5.73 Å². The second-order valence-electron chi connectivity index (χ2n) is 5.89. The van der Waals surface area contributed by atoms with Crippen molar-refractivity contribution in [2.75, 3.05) is 57.4 Å². The number of hydrogen-bond donors (Lipinski definition) is 1. The van der Waals surface area contributed by atoms with Gasteiger partial charge in [0.05, 0.1) is 24.7 Å². The molecule has 8 heteroatoms. The number of carbonyl (C=O) groups is 2. The second kappa shape index (κ2) is 13.0.